The maximum absolute atomic E-state index is 13.8. The molecule has 4 rings (SSSR count). The molecule has 0 saturated heterocycles. The number of nitrogens with zero attached hydrogens (tertiary/aromatic N) is 3. The van der Waals surface area contributed by atoms with Crippen LogP contribution < -0.4 is 10.5 Å². The number of pyridine rings is 1. The Morgan fingerprint density at radius 2 is 1.70 bits per heavy atom. The third-order valence-electron chi connectivity index (χ3n) is 4.81. The highest BCUT2D eigenvalue weighted by Gasteiger charge is 2.21. The van der Waals surface area contributed by atoms with Crippen LogP contribution in [0.5, 0.6) is 0 Å². The second-order valence-electron chi connectivity index (χ2n) is 6.71. The van der Waals surface area contributed by atoms with E-state index in [1.807, 2.05) is 36.2 Å². The Morgan fingerprint density at radius 1 is 0.889 bits per heavy atom. The average Bonchev–Trinajstić information content (AvgIpc) is 2.82. The van der Waals surface area contributed by atoms with E-state index in [1.165, 1.54) is 12.1 Å². The average molecular weight is 367 g/mol. The summed E-state index contributed by atoms with van der Waals surface area (Å²) in [6.45, 7) is 2.12. The zero-order valence-corrected chi connectivity index (χ0v) is 14.9. The first-order valence-corrected chi connectivity index (χ1v) is 8.75. The molecule has 138 valence electrons. The first kappa shape index (κ1) is 17.4. The predicted molar refractivity (Wildman–Crippen MR) is 102 cm³/mol. The van der Waals surface area contributed by atoms with Crippen LogP contribution in [0.3, 0.4) is 0 Å². The van der Waals surface area contributed by atoms with E-state index in [0.717, 1.165) is 29.5 Å². The maximum Gasteiger partial charge on any atom is 0.255 e. The van der Waals surface area contributed by atoms with E-state index in [1.54, 1.807) is 22.9 Å². The normalized spacial score (nSPS) is 14.7. The summed E-state index contributed by atoms with van der Waals surface area (Å²) < 4.78 is 28.7. The van der Waals surface area contributed by atoms with E-state index in [2.05, 4.69) is 4.90 Å². The van der Waals surface area contributed by atoms with Gasteiger partial charge in [0.1, 0.15) is 0 Å². The highest BCUT2D eigenvalue weighted by Crippen LogP contribution is 2.33. The lowest BCUT2D eigenvalue weighted by Crippen LogP contribution is -2.26. The number of aromatic nitrogens is 1. The van der Waals surface area contributed by atoms with Gasteiger partial charge in [-0.15, -0.1) is 0 Å². The van der Waals surface area contributed by atoms with Crippen LogP contribution >= 0.6 is 0 Å². The molecule has 1 aliphatic heterocycles. The molecule has 1 aliphatic rings. The molecule has 0 N–H and O–H groups in total. The monoisotopic (exact) mass is 367 g/mol. The Morgan fingerprint density at radius 3 is 2.48 bits per heavy atom. The SMILES string of the molecule is CN1CCN(c2ccc(F)c(F)c2)c2ccc(-n3ccccc3=O)cc2C1. The maximum atomic E-state index is 13.8. The van der Waals surface area contributed by atoms with Crippen molar-refractivity contribution >= 4 is 11.4 Å². The lowest BCUT2D eigenvalue weighted by atomic mass is 10.1. The van der Waals surface area contributed by atoms with E-state index >= 15 is 0 Å². The third-order valence-corrected chi connectivity index (χ3v) is 4.81. The summed E-state index contributed by atoms with van der Waals surface area (Å²) in [5.74, 6) is -1.72. The topological polar surface area (TPSA) is 28.5 Å². The number of hydrogen-bond acceptors (Lipinski definition) is 3. The van der Waals surface area contributed by atoms with Gasteiger partial charge in [0, 0.05) is 55.0 Å². The molecule has 0 unspecified atom stereocenters. The van der Waals surface area contributed by atoms with Gasteiger partial charge in [-0.1, -0.05) is 6.07 Å². The largest absolute Gasteiger partial charge is 0.340 e. The summed E-state index contributed by atoms with van der Waals surface area (Å²) in [4.78, 5) is 16.3. The second kappa shape index (κ2) is 6.96. The van der Waals surface area contributed by atoms with Gasteiger partial charge in [0.05, 0.1) is 0 Å². The molecule has 0 bridgehead atoms. The summed E-state index contributed by atoms with van der Waals surface area (Å²) in [6.07, 6.45) is 1.73. The molecule has 0 atom stereocenters. The van der Waals surface area contributed by atoms with Crippen molar-refractivity contribution in [1.82, 2.24) is 9.47 Å². The zero-order valence-electron chi connectivity index (χ0n) is 14.9. The number of halogens is 2. The van der Waals surface area contributed by atoms with Crippen LogP contribution in [0, 0.1) is 11.6 Å². The van der Waals surface area contributed by atoms with Crippen molar-refractivity contribution in [3.8, 4) is 5.69 Å². The summed E-state index contributed by atoms with van der Waals surface area (Å²) in [5.41, 5.74) is 3.23. The molecule has 4 nitrogen and oxygen atoms in total. The lowest BCUT2D eigenvalue weighted by Gasteiger charge is -2.25. The Hall–Kier alpha value is -2.99. The summed E-state index contributed by atoms with van der Waals surface area (Å²) >= 11 is 0. The molecule has 0 radical (unpaired) electrons. The van der Waals surface area contributed by atoms with Crippen molar-refractivity contribution in [3.63, 3.8) is 0 Å². The molecular formula is C21H19F2N3O. The first-order valence-electron chi connectivity index (χ1n) is 8.75. The third kappa shape index (κ3) is 3.36. The Bertz CT molecular complexity index is 1050. The highest BCUT2D eigenvalue weighted by atomic mass is 19.2. The quantitative estimate of drug-likeness (QED) is 0.692. The van der Waals surface area contributed by atoms with Crippen LogP contribution in [0.15, 0.2) is 65.6 Å². The van der Waals surface area contributed by atoms with Crippen molar-refractivity contribution < 1.29 is 8.78 Å². The van der Waals surface area contributed by atoms with Crippen molar-refractivity contribution in [2.75, 3.05) is 25.0 Å². The summed E-state index contributed by atoms with van der Waals surface area (Å²) in [7, 11) is 2.01. The van der Waals surface area contributed by atoms with Gasteiger partial charge < -0.3 is 9.80 Å². The standard InChI is InChI=1S/C21H19F2N3O/c1-24-10-11-25(17-5-7-18(22)19(23)13-17)20-8-6-16(12-15(20)14-24)26-9-3-2-4-21(26)27/h2-9,12-13H,10-11,14H2,1H3. The first-order chi connectivity index (χ1) is 13.0. The fourth-order valence-electron chi connectivity index (χ4n) is 3.43. The minimum absolute atomic E-state index is 0.100. The smallest absolute Gasteiger partial charge is 0.255 e. The molecule has 1 aromatic heterocycles. The number of benzene rings is 2. The highest BCUT2D eigenvalue weighted by molar-refractivity contribution is 5.68. The van der Waals surface area contributed by atoms with Crippen LogP contribution in [0.1, 0.15) is 5.56 Å². The van der Waals surface area contributed by atoms with E-state index in [-0.39, 0.29) is 5.56 Å². The van der Waals surface area contributed by atoms with Crippen LogP contribution in [0.2, 0.25) is 0 Å². The fourth-order valence-corrected chi connectivity index (χ4v) is 3.43. The molecular weight excluding hydrogens is 348 g/mol. The number of likely N-dealkylation sites (N-methyl/N-ethyl adjacent to an activating group) is 1. The molecule has 0 spiro atoms. The van der Waals surface area contributed by atoms with Gasteiger partial charge in [0.25, 0.3) is 5.56 Å². The van der Waals surface area contributed by atoms with Gasteiger partial charge in [-0.05, 0) is 49.0 Å². The van der Waals surface area contributed by atoms with Gasteiger partial charge in [0.2, 0.25) is 0 Å². The van der Waals surface area contributed by atoms with Gasteiger partial charge in [0.15, 0.2) is 11.6 Å². The van der Waals surface area contributed by atoms with Gasteiger partial charge in [-0.25, -0.2) is 8.78 Å². The Balaban J connectivity index is 1.82. The van der Waals surface area contributed by atoms with Crippen molar-refractivity contribution in [2.45, 2.75) is 6.54 Å². The summed E-state index contributed by atoms with van der Waals surface area (Å²) in [5, 5.41) is 0. The zero-order chi connectivity index (χ0) is 19.0. The summed E-state index contributed by atoms with van der Waals surface area (Å²) in [6, 6.07) is 14.8. The van der Waals surface area contributed by atoms with Crippen LogP contribution in [0.25, 0.3) is 5.69 Å². The molecule has 0 fully saturated rings. The van der Waals surface area contributed by atoms with Gasteiger partial charge >= 0.3 is 0 Å². The van der Waals surface area contributed by atoms with Crippen molar-refractivity contribution in [2.24, 2.45) is 0 Å². The number of anilines is 2. The predicted octanol–water partition coefficient (Wildman–Crippen LogP) is 3.70. The molecule has 2 heterocycles. The molecule has 27 heavy (non-hydrogen) atoms. The van der Waals surface area contributed by atoms with Crippen LogP contribution in [-0.2, 0) is 6.54 Å². The second-order valence-corrected chi connectivity index (χ2v) is 6.71. The van der Waals surface area contributed by atoms with Gasteiger partial charge in [-0.2, -0.15) is 0 Å². The number of rotatable bonds is 2. The minimum atomic E-state index is -0.862. The molecule has 6 heteroatoms. The van der Waals surface area contributed by atoms with E-state index in [4.69, 9.17) is 0 Å². The minimum Gasteiger partial charge on any atom is -0.340 e. The van der Waals surface area contributed by atoms with Gasteiger partial charge in [-0.3, -0.25) is 9.36 Å². The molecule has 0 saturated carbocycles. The molecule has 2 aromatic carbocycles. The lowest BCUT2D eigenvalue weighted by molar-refractivity contribution is 0.343. The van der Waals surface area contributed by atoms with Crippen molar-refractivity contribution in [3.05, 3.63) is 88.3 Å². The van der Waals surface area contributed by atoms with E-state index in [0.29, 0.717) is 18.8 Å². The van der Waals surface area contributed by atoms with Crippen LogP contribution in [0.4, 0.5) is 20.2 Å². The Labute approximate surface area is 155 Å². The van der Waals surface area contributed by atoms with Crippen LogP contribution in [-0.4, -0.2) is 29.6 Å². The fraction of sp³-hybridized carbons (Fsp3) is 0.190. The molecule has 3 aromatic rings. The van der Waals surface area contributed by atoms with E-state index in [9.17, 15) is 13.6 Å². The molecule has 0 amide bonds. The van der Waals surface area contributed by atoms with Crippen molar-refractivity contribution in [1.29, 1.82) is 0 Å². The van der Waals surface area contributed by atoms with E-state index < -0.39 is 11.6 Å². The number of hydrogen-bond donors (Lipinski definition) is 0. The Kier molecular flexibility index (Phi) is 4.49. The molecule has 0 aliphatic carbocycles. The number of fused-ring (bicyclic) bond motifs is 1.